The molecule has 27 heavy (non-hydrogen) atoms. The number of aromatic nitrogens is 2. The molecule has 0 bridgehead atoms. The van der Waals surface area contributed by atoms with Crippen LogP contribution in [0.25, 0.3) is 0 Å². The molecule has 0 saturated carbocycles. The van der Waals surface area contributed by atoms with Gasteiger partial charge in [0.25, 0.3) is 0 Å². The molecule has 11 nitrogen and oxygen atoms in total. The molecule has 3 amide bonds. The molecule has 7 N–H and O–H groups in total. The molecule has 1 rings (SSSR count). The van der Waals surface area contributed by atoms with Gasteiger partial charge in [0.2, 0.25) is 17.7 Å². The van der Waals surface area contributed by atoms with Crippen molar-refractivity contribution in [3.8, 4) is 0 Å². The summed E-state index contributed by atoms with van der Waals surface area (Å²) in [7, 11) is 0. The Bertz CT molecular complexity index is 639. The van der Waals surface area contributed by atoms with Crippen LogP contribution in [0.3, 0.4) is 0 Å². The highest BCUT2D eigenvalue weighted by Gasteiger charge is 2.24. The maximum Gasteiger partial charge on any atom is 0.322 e. The van der Waals surface area contributed by atoms with Gasteiger partial charge in [-0.05, 0) is 18.4 Å². The Morgan fingerprint density at radius 1 is 1.26 bits per heavy atom. The van der Waals surface area contributed by atoms with Gasteiger partial charge in [0.05, 0.1) is 18.9 Å². The van der Waals surface area contributed by atoms with Crippen molar-refractivity contribution in [2.45, 2.75) is 24.9 Å². The Balaban J connectivity index is 2.64. The number of rotatable bonds is 12. The minimum Gasteiger partial charge on any atom is -0.480 e. The van der Waals surface area contributed by atoms with Gasteiger partial charge in [0, 0.05) is 18.3 Å². The van der Waals surface area contributed by atoms with E-state index in [-0.39, 0.29) is 6.42 Å². The van der Waals surface area contributed by atoms with Crippen LogP contribution in [0.1, 0.15) is 12.1 Å². The maximum atomic E-state index is 12.4. The number of imidazole rings is 1. The average Bonchev–Trinajstić information content (AvgIpc) is 3.14. The van der Waals surface area contributed by atoms with E-state index in [0.29, 0.717) is 17.9 Å². The number of aliphatic carboxylic acids is 1. The summed E-state index contributed by atoms with van der Waals surface area (Å²) in [4.78, 5) is 53.2. The van der Waals surface area contributed by atoms with Gasteiger partial charge in [0.15, 0.2) is 0 Å². The van der Waals surface area contributed by atoms with E-state index in [1.165, 1.54) is 12.5 Å². The number of hydrogen-bond acceptors (Lipinski definition) is 7. The number of hydrogen-bond donors (Lipinski definition) is 6. The SMILES string of the molecule is CSCCC(N)C(=O)NC(Cc1cnc[nH]1)C(=O)NCC(=O)NCC(=O)O. The Morgan fingerprint density at radius 3 is 2.59 bits per heavy atom. The second-order valence-corrected chi connectivity index (χ2v) is 6.60. The van der Waals surface area contributed by atoms with Crippen LogP contribution in [-0.4, -0.2) is 75.9 Å². The standard InChI is InChI=1S/C15H24N6O5S/c1-27-3-2-10(16)14(25)21-11(4-9-5-17-8-20-9)15(26)19-6-12(22)18-7-13(23)24/h5,8,10-11H,2-4,6-7,16H2,1H3,(H,17,20)(H,18,22)(H,19,26)(H,21,25)(H,23,24). The number of nitrogens with zero attached hydrogens (tertiary/aromatic N) is 1. The van der Waals surface area contributed by atoms with Crippen molar-refractivity contribution >= 4 is 35.5 Å². The third-order valence-electron chi connectivity index (χ3n) is 3.44. The second-order valence-electron chi connectivity index (χ2n) is 5.62. The minimum absolute atomic E-state index is 0.129. The number of nitrogens with two attached hydrogens (primary N) is 1. The van der Waals surface area contributed by atoms with Gasteiger partial charge in [-0.15, -0.1) is 0 Å². The molecule has 0 spiro atoms. The quantitative estimate of drug-likeness (QED) is 0.229. The molecule has 0 radical (unpaired) electrons. The molecular weight excluding hydrogens is 376 g/mol. The van der Waals surface area contributed by atoms with Crippen molar-refractivity contribution < 1.29 is 24.3 Å². The normalized spacial score (nSPS) is 12.7. The number of amides is 3. The fourth-order valence-corrected chi connectivity index (χ4v) is 2.50. The van der Waals surface area contributed by atoms with E-state index >= 15 is 0 Å². The van der Waals surface area contributed by atoms with Crippen molar-refractivity contribution in [1.29, 1.82) is 0 Å². The van der Waals surface area contributed by atoms with E-state index < -0.39 is 48.9 Å². The number of thioether (sulfide) groups is 1. The highest BCUT2D eigenvalue weighted by Crippen LogP contribution is 2.02. The lowest BCUT2D eigenvalue weighted by molar-refractivity contribution is -0.138. The fourth-order valence-electron chi connectivity index (χ4n) is 2.01. The Hall–Kier alpha value is -2.60. The number of aromatic amines is 1. The first kappa shape index (κ1) is 22.4. The Labute approximate surface area is 160 Å². The topological polar surface area (TPSA) is 179 Å². The lowest BCUT2D eigenvalue weighted by Crippen LogP contribution is -2.53. The maximum absolute atomic E-state index is 12.4. The van der Waals surface area contributed by atoms with Gasteiger partial charge >= 0.3 is 5.97 Å². The van der Waals surface area contributed by atoms with Crippen molar-refractivity contribution in [1.82, 2.24) is 25.9 Å². The van der Waals surface area contributed by atoms with Crippen LogP contribution >= 0.6 is 11.8 Å². The van der Waals surface area contributed by atoms with Gasteiger partial charge in [-0.3, -0.25) is 19.2 Å². The smallest absolute Gasteiger partial charge is 0.322 e. The summed E-state index contributed by atoms with van der Waals surface area (Å²) in [6.45, 7) is -0.965. The first-order valence-corrected chi connectivity index (χ1v) is 9.51. The van der Waals surface area contributed by atoms with Crippen LogP contribution in [0.15, 0.2) is 12.5 Å². The summed E-state index contributed by atoms with van der Waals surface area (Å²) in [6.07, 6.45) is 5.44. The number of carboxylic acids is 1. The predicted octanol–water partition coefficient (Wildman–Crippen LogP) is -2.17. The Morgan fingerprint density at radius 2 is 2.00 bits per heavy atom. The van der Waals surface area contributed by atoms with Crippen LogP contribution < -0.4 is 21.7 Å². The summed E-state index contributed by atoms with van der Waals surface area (Å²) >= 11 is 1.56. The predicted molar refractivity (Wildman–Crippen MR) is 98.9 cm³/mol. The monoisotopic (exact) mass is 400 g/mol. The molecule has 0 aliphatic rings. The molecule has 2 unspecified atom stereocenters. The fraction of sp³-hybridized carbons (Fsp3) is 0.533. The van der Waals surface area contributed by atoms with Crippen molar-refractivity contribution in [3.05, 3.63) is 18.2 Å². The van der Waals surface area contributed by atoms with Crippen LogP contribution in [0, 0.1) is 0 Å². The summed E-state index contributed by atoms with van der Waals surface area (Å²) in [5, 5.41) is 15.6. The molecule has 0 saturated heterocycles. The van der Waals surface area contributed by atoms with E-state index in [1.807, 2.05) is 6.26 Å². The lowest BCUT2D eigenvalue weighted by Gasteiger charge is -2.20. The van der Waals surface area contributed by atoms with Gasteiger partial charge in [-0.25, -0.2) is 4.98 Å². The van der Waals surface area contributed by atoms with E-state index in [2.05, 4.69) is 25.9 Å². The molecule has 0 fully saturated rings. The largest absolute Gasteiger partial charge is 0.480 e. The first-order valence-electron chi connectivity index (χ1n) is 8.11. The average molecular weight is 400 g/mol. The minimum atomic E-state index is -1.20. The van der Waals surface area contributed by atoms with Crippen molar-refractivity contribution in [3.63, 3.8) is 0 Å². The zero-order chi connectivity index (χ0) is 20.2. The molecule has 1 heterocycles. The Kier molecular flexibility index (Phi) is 9.90. The number of carbonyl (C=O) groups is 4. The van der Waals surface area contributed by atoms with Gasteiger partial charge in [-0.1, -0.05) is 0 Å². The van der Waals surface area contributed by atoms with E-state index in [9.17, 15) is 19.2 Å². The highest BCUT2D eigenvalue weighted by atomic mass is 32.2. The summed E-state index contributed by atoms with van der Waals surface area (Å²) in [6, 6.07) is -1.72. The van der Waals surface area contributed by atoms with Crippen LogP contribution in [0.2, 0.25) is 0 Å². The van der Waals surface area contributed by atoms with Gasteiger partial charge < -0.3 is 31.8 Å². The van der Waals surface area contributed by atoms with Gasteiger partial charge in [0.1, 0.15) is 12.6 Å². The molecule has 0 aliphatic heterocycles. The van der Waals surface area contributed by atoms with Crippen molar-refractivity contribution in [2.24, 2.45) is 5.73 Å². The molecular formula is C15H24N6O5S. The van der Waals surface area contributed by atoms with Gasteiger partial charge in [-0.2, -0.15) is 11.8 Å². The second kappa shape index (κ2) is 11.9. The zero-order valence-corrected chi connectivity index (χ0v) is 15.7. The van der Waals surface area contributed by atoms with E-state index in [1.54, 1.807) is 11.8 Å². The zero-order valence-electron chi connectivity index (χ0n) is 14.9. The third-order valence-corrected chi connectivity index (χ3v) is 4.09. The highest BCUT2D eigenvalue weighted by molar-refractivity contribution is 7.98. The number of H-pyrrole nitrogens is 1. The van der Waals surface area contributed by atoms with E-state index in [0.717, 1.165) is 0 Å². The summed E-state index contributed by atoms with van der Waals surface area (Å²) < 4.78 is 0. The number of carboxylic acid groups (broad SMARTS) is 1. The molecule has 0 aliphatic carbocycles. The molecule has 1 aromatic rings. The molecule has 1 aromatic heterocycles. The van der Waals surface area contributed by atoms with Crippen molar-refractivity contribution in [2.75, 3.05) is 25.1 Å². The third kappa shape index (κ3) is 9.06. The molecule has 2 atom stereocenters. The molecule has 0 aromatic carbocycles. The van der Waals surface area contributed by atoms with Crippen LogP contribution in [0.5, 0.6) is 0 Å². The number of nitrogens with one attached hydrogen (secondary N) is 4. The van der Waals surface area contributed by atoms with E-state index in [4.69, 9.17) is 10.8 Å². The lowest BCUT2D eigenvalue weighted by atomic mass is 10.1. The first-order chi connectivity index (χ1) is 12.8. The van der Waals surface area contributed by atoms with Crippen LogP contribution in [0.4, 0.5) is 0 Å². The summed E-state index contributed by atoms with van der Waals surface area (Å²) in [5.41, 5.74) is 6.43. The number of carbonyl (C=O) groups excluding carboxylic acids is 3. The molecule has 12 heteroatoms. The summed E-state index contributed by atoms with van der Waals surface area (Å²) in [5.74, 6) is -2.22. The van der Waals surface area contributed by atoms with Crippen LogP contribution in [-0.2, 0) is 25.6 Å². The molecule has 150 valence electrons.